The van der Waals surface area contributed by atoms with E-state index < -0.39 is 0 Å². The number of para-hydroxylation sites is 1. The summed E-state index contributed by atoms with van der Waals surface area (Å²) in [5.41, 5.74) is 0. The molecule has 0 fully saturated rings. The van der Waals surface area contributed by atoms with E-state index in [4.69, 9.17) is 5.11 Å². The first-order valence-corrected chi connectivity index (χ1v) is 3.63. The predicted octanol–water partition coefficient (Wildman–Crippen LogP) is 3.01. The van der Waals surface area contributed by atoms with Crippen molar-refractivity contribution in [2.45, 2.75) is 20.8 Å². The molecule has 0 atom stereocenters. The first-order chi connectivity index (χ1) is 5.13. The van der Waals surface area contributed by atoms with Gasteiger partial charge in [-0.1, -0.05) is 39.0 Å². The summed E-state index contributed by atoms with van der Waals surface area (Å²) in [4.78, 5) is 0. The van der Waals surface area contributed by atoms with Gasteiger partial charge in [-0.15, -0.1) is 0 Å². The minimum Gasteiger partial charge on any atom is -0.508 e. The Bertz CT molecular complexity index is 165. The third kappa shape index (κ3) is 9.02. The van der Waals surface area contributed by atoms with Gasteiger partial charge in [0.1, 0.15) is 5.75 Å². The highest BCUT2D eigenvalue weighted by Gasteiger charge is 1.74. The summed E-state index contributed by atoms with van der Waals surface area (Å²) in [6.45, 7) is 6.25. The zero-order chi connectivity index (χ0) is 8.69. The lowest BCUT2D eigenvalue weighted by Gasteiger charge is -1.82. The molecule has 0 bridgehead atoms. The van der Waals surface area contributed by atoms with Crippen molar-refractivity contribution >= 4 is 0 Å². The quantitative estimate of drug-likeness (QED) is 0.604. The number of hydrogen-bond acceptors (Lipinski definition) is 1. The molecule has 1 rings (SSSR count). The SMILES string of the molecule is C[C](C)C.Oc1ccccc1. The van der Waals surface area contributed by atoms with Crippen LogP contribution in [0.25, 0.3) is 0 Å². The number of benzene rings is 1. The third-order valence-corrected chi connectivity index (χ3v) is 0.756. The summed E-state index contributed by atoms with van der Waals surface area (Å²) in [5, 5.41) is 8.63. The van der Waals surface area contributed by atoms with E-state index in [1.165, 1.54) is 5.92 Å². The molecule has 0 aliphatic rings. The fourth-order valence-electron chi connectivity index (χ4n) is 0.428. The maximum Gasteiger partial charge on any atom is 0.115 e. The van der Waals surface area contributed by atoms with E-state index in [-0.39, 0.29) is 0 Å². The van der Waals surface area contributed by atoms with E-state index >= 15 is 0 Å². The van der Waals surface area contributed by atoms with Crippen LogP contribution in [0.2, 0.25) is 0 Å². The fraction of sp³-hybridized carbons (Fsp3) is 0.300. The van der Waals surface area contributed by atoms with E-state index in [1.54, 1.807) is 24.3 Å². The van der Waals surface area contributed by atoms with Gasteiger partial charge in [0.2, 0.25) is 0 Å². The average Bonchev–Trinajstić information content (AvgIpc) is 1.87. The lowest BCUT2D eigenvalue weighted by Crippen LogP contribution is -1.62. The molecule has 0 saturated carbocycles. The van der Waals surface area contributed by atoms with Crippen LogP contribution in [-0.2, 0) is 0 Å². The minimum absolute atomic E-state index is 0.322. The Balaban J connectivity index is 0.000000218. The van der Waals surface area contributed by atoms with Crippen molar-refractivity contribution in [3.05, 3.63) is 36.2 Å². The average molecular weight is 151 g/mol. The van der Waals surface area contributed by atoms with Gasteiger partial charge in [0.25, 0.3) is 0 Å². The number of phenols is 1. The van der Waals surface area contributed by atoms with Crippen LogP contribution in [0.15, 0.2) is 30.3 Å². The van der Waals surface area contributed by atoms with Gasteiger partial charge >= 0.3 is 0 Å². The normalized spacial score (nSPS) is 8.73. The van der Waals surface area contributed by atoms with E-state index in [0.29, 0.717) is 5.75 Å². The number of phenolic OH excluding ortho intramolecular Hbond substituents is 1. The van der Waals surface area contributed by atoms with Gasteiger partial charge < -0.3 is 5.11 Å². The van der Waals surface area contributed by atoms with Crippen molar-refractivity contribution in [2.24, 2.45) is 0 Å². The summed E-state index contributed by atoms with van der Waals surface area (Å²) in [5.74, 6) is 1.74. The van der Waals surface area contributed by atoms with Gasteiger partial charge in [-0.05, 0) is 18.1 Å². The highest BCUT2D eigenvalue weighted by molar-refractivity contribution is 5.18. The van der Waals surface area contributed by atoms with Gasteiger partial charge in [0.05, 0.1) is 0 Å². The Kier molecular flexibility index (Phi) is 5.26. The second-order valence-corrected chi connectivity index (χ2v) is 2.84. The van der Waals surface area contributed by atoms with Crippen LogP contribution >= 0.6 is 0 Å². The third-order valence-electron chi connectivity index (χ3n) is 0.756. The molecule has 11 heavy (non-hydrogen) atoms. The van der Waals surface area contributed by atoms with Crippen LogP contribution in [0.1, 0.15) is 20.8 Å². The highest BCUT2D eigenvalue weighted by Crippen LogP contribution is 2.02. The summed E-state index contributed by atoms with van der Waals surface area (Å²) in [6, 6.07) is 8.71. The maximum absolute atomic E-state index is 8.63. The topological polar surface area (TPSA) is 20.2 Å². The van der Waals surface area contributed by atoms with Crippen LogP contribution in [0.5, 0.6) is 5.75 Å². The zero-order valence-corrected chi connectivity index (χ0v) is 7.33. The van der Waals surface area contributed by atoms with Gasteiger partial charge in [0, 0.05) is 0 Å². The van der Waals surface area contributed by atoms with Crippen molar-refractivity contribution in [1.82, 2.24) is 0 Å². The molecule has 61 valence electrons. The molecule has 1 nitrogen and oxygen atoms in total. The zero-order valence-electron chi connectivity index (χ0n) is 7.33. The summed E-state index contributed by atoms with van der Waals surface area (Å²) >= 11 is 0. The van der Waals surface area contributed by atoms with Crippen molar-refractivity contribution in [3.63, 3.8) is 0 Å². The van der Waals surface area contributed by atoms with Crippen LogP contribution in [0, 0.1) is 5.92 Å². The molecular formula is C10H15O. The Morgan fingerprint density at radius 2 is 1.36 bits per heavy atom. The predicted molar refractivity (Wildman–Crippen MR) is 48.4 cm³/mol. The molecule has 1 radical (unpaired) electrons. The van der Waals surface area contributed by atoms with E-state index in [2.05, 4.69) is 20.8 Å². The molecule has 0 spiro atoms. The van der Waals surface area contributed by atoms with Crippen molar-refractivity contribution in [2.75, 3.05) is 0 Å². The van der Waals surface area contributed by atoms with Gasteiger partial charge in [-0.25, -0.2) is 0 Å². The molecule has 0 aliphatic heterocycles. The molecule has 1 aromatic carbocycles. The minimum atomic E-state index is 0.322. The smallest absolute Gasteiger partial charge is 0.115 e. The molecule has 1 heteroatoms. The Hall–Kier alpha value is -0.980. The summed E-state index contributed by atoms with van der Waals surface area (Å²) in [7, 11) is 0. The fourth-order valence-corrected chi connectivity index (χ4v) is 0.428. The van der Waals surface area contributed by atoms with Gasteiger partial charge in [-0.2, -0.15) is 0 Å². The van der Waals surface area contributed by atoms with Gasteiger partial charge in [0.15, 0.2) is 0 Å². The van der Waals surface area contributed by atoms with E-state index in [9.17, 15) is 0 Å². The maximum atomic E-state index is 8.63. The Morgan fingerprint density at radius 3 is 1.55 bits per heavy atom. The lowest BCUT2D eigenvalue weighted by atomic mass is 10.3. The highest BCUT2D eigenvalue weighted by atomic mass is 16.3. The van der Waals surface area contributed by atoms with Crippen LogP contribution < -0.4 is 0 Å². The molecule has 1 N–H and O–H groups in total. The number of hydrogen-bond donors (Lipinski definition) is 1. The molecular weight excluding hydrogens is 136 g/mol. The summed E-state index contributed by atoms with van der Waals surface area (Å²) in [6.07, 6.45) is 0. The summed E-state index contributed by atoms with van der Waals surface area (Å²) < 4.78 is 0. The second-order valence-electron chi connectivity index (χ2n) is 2.84. The molecule has 0 saturated heterocycles. The van der Waals surface area contributed by atoms with Crippen molar-refractivity contribution in [3.8, 4) is 5.75 Å². The van der Waals surface area contributed by atoms with Crippen LogP contribution in [0.3, 0.4) is 0 Å². The number of rotatable bonds is 0. The number of aromatic hydroxyl groups is 1. The van der Waals surface area contributed by atoms with Crippen LogP contribution in [-0.4, -0.2) is 5.11 Å². The Labute approximate surface area is 68.7 Å². The largest absolute Gasteiger partial charge is 0.508 e. The van der Waals surface area contributed by atoms with Gasteiger partial charge in [-0.3, -0.25) is 0 Å². The molecule has 1 aromatic rings. The van der Waals surface area contributed by atoms with E-state index in [1.807, 2.05) is 6.07 Å². The standard InChI is InChI=1S/C6H6O.C4H9/c7-6-4-2-1-3-5-6;1-4(2)3/h1-5,7H;1-3H3. The Morgan fingerprint density at radius 1 is 1.00 bits per heavy atom. The second kappa shape index (κ2) is 5.78. The lowest BCUT2D eigenvalue weighted by molar-refractivity contribution is 0.475. The molecule has 0 heterocycles. The van der Waals surface area contributed by atoms with Crippen molar-refractivity contribution in [1.29, 1.82) is 0 Å². The van der Waals surface area contributed by atoms with Crippen molar-refractivity contribution < 1.29 is 5.11 Å². The molecule has 0 aromatic heterocycles. The van der Waals surface area contributed by atoms with E-state index in [0.717, 1.165) is 0 Å². The molecule has 0 aliphatic carbocycles. The first-order valence-electron chi connectivity index (χ1n) is 3.63. The monoisotopic (exact) mass is 151 g/mol. The van der Waals surface area contributed by atoms with Crippen LogP contribution in [0.4, 0.5) is 0 Å². The molecule has 0 unspecified atom stereocenters. The first kappa shape index (κ1) is 10.0. The molecule has 0 amide bonds.